The van der Waals surface area contributed by atoms with E-state index in [1.165, 1.54) is 17.7 Å². The van der Waals surface area contributed by atoms with Crippen LogP contribution >= 0.6 is 0 Å². The minimum absolute atomic E-state index is 0.0881. The molecule has 0 aliphatic carbocycles. The first kappa shape index (κ1) is 12.8. The molecule has 0 bridgehead atoms. The molecule has 2 aromatic rings. The molecule has 5 nitrogen and oxygen atoms in total. The molecule has 0 saturated carbocycles. The summed E-state index contributed by atoms with van der Waals surface area (Å²) in [7, 11) is 0. The smallest absolute Gasteiger partial charge is 0.150 e. The molecule has 4 heterocycles. The Labute approximate surface area is 124 Å². The maximum absolute atomic E-state index is 5.79. The molecule has 110 valence electrons. The molecular weight excluding hydrogens is 264 g/mol. The summed E-state index contributed by atoms with van der Waals surface area (Å²) in [5.74, 6) is 0. The van der Waals surface area contributed by atoms with Gasteiger partial charge in [-0.2, -0.15) is 5.10 Å². The SMILES string of the molecule is c1cc2c(c(-c3cnn(C4CCCCO4)c3)n1)CCCN2. The van der Waals surface area contributed by atoms with Gasteiger partial charge in [-0.15, -0.1) is 0 Å². The van der Waals surface area contributed by atoms with Gasteiger partial charge in [-0.05, 0) is 38.2 Å². The van der Waals surface area contributed by atoms with Gasteiger partial charge in [0, 0.05) is 42.4 Å². The minimum atomic E-state index is 0.0881. The second kappa shape index (κ2) is 5.48. The Morgan fingerprint density at radius 3 is 3.19 bits per heavy atom. The monoisotopic (exact) mass is 284 g/mol. The van der Waals surface area contributed by atoms with Gasteiger partial charge < -0.3 is 10.1 Å². The van der Waals surface area contributed by atoms with Gasteiger partial charge in [0.15, 0.2) is 0 Å². The molecule has 4 rings (SSSR count). The molecule has 2 aliphatic rings. The highest BCUT2D eigenvalue weighted by atomic mass is 16.5. The van der Waals surface area contributed by atoms with Crippen molar-refractivity contribution >= 4 is 5.69 Å². The van der Waals surface area contributed by atoms with Gasteiger partial charge in [-0.3, -0.25) is 4.98 Å². The third kappa shape index (κ3) is 2.42. The predicted octanol–water partition coefficient (Wildman–Crippen LogP) is 3.00. The summed E-state index contributed by atoms with van der Waals surface area (Å²) < 4.78 is 7.74. The van der Waals surface area contributed by atoms with Crippen molar-refractivity contribution in [3.8, 4) is 11.3 Å². The molecule has 21 heavy (non-hydrogen) atoms. The van der Waals surface area contributed by atoms with Gasteiger partial charge in [0.05, 0.1) is 11.9 Å². The number of pyridine rings is 1. The van der Waals surface area contributed by atoms with E-state index >= 15 is 0 Å². The Morgan fingerprint density at radius 2 is 2.29 bits per heavy atom. The molecule has 1 saturated heterocycles. The van der Waals surface area contributed by atoms with Gasteiger partial charge in [0.2, 0.25) is 0 Å². The standard InChI is InChI=1S/C16H20N4O/c1-2-9-21-15(5-1)20-11-12(10-19-20)16-13-4-3-7-17-14(13)6-8-18-16/h6,8,10-11,15,17H,1-5,7,9H2. The van der Waals surface area contributed by atoms with Gasteiger partial charge in [-0.25, -0.2) is 4.68 Å². The van der Waals surface area contributed by atoms with Crippen LogP contribution < -0.4 is 5.32 Å². The van der Waals surface area contributed by atoms with E-state index in [0.717, 1.165) is 50.1 Å². The number of rotatable bonds is 2. The van der Waals surface area contributed by atoms with Gasteiger partial charge in [0.25, 0.3) is 0 Å². The number of hydrogen-bond donors (Lipinski definition) is 1. The van der Waals surface area contributed by atoms with Gasteiger partial charge >= 0.3 is 0 Å². The first-order valence-corrected chi connectivity index (χ1v) is 7.80. The van der Waals surface area contributed by atoms with Crippen molar-refractivity contribution in [3.63, 3.8) is 0 Å². The second-order valence-corrected chi connectivity index (χ2v) is 5.75. The number of aromatic nitrogens is 3. The fourth-order valence-corrected chi connectivity index (χ4v) is 3.20. The molecule has 1 atom stereocenters. The van der Waals surface area contributed by atoms with Crippen LogP contribution in [0.3, 0.4) is 0 Å². The molecule has 0 amide bonds. The van der Waals surface area contributed by atoms with Crippen LogP contribution in [0.4, 0.5) is 5.69 Å². The maximum atomic E-state index is 5.79. The summed E-state index contributed by atoms with van der Waals surface area (Å²) in [5.41, 5.74) is 4.67. The topological polar surface area (TPSA) is 52.0 Å². The zero-order chi connectivity index (χ0) is 14.1. The normalized spacial score (nSPS) is 21.6. The molecule has 0 aromatic carbocycles. The lowest BCUT2D eigenvalue weighted by Gasteiger charge is -2.22. The largest absolute Gasteiger partial charge is 0.385 e. The van der Waals surface area contributed by atoms with E-state index in [1.807, 2.05) is 17.1 Å². The molecule has 1 unspecified atom stereocenters. The van der Waals surface area contributed by atoms with E-state index in [9.17, 15) is 0 Å². The highest BCUT2D eigenvalue weighted by Crippen LogP contribution is 2.31. The van der Waals surface area contributed by atoms with Crippen molar-refractivity contribution < 1.29 is 4.74 Å². The van der Waals surface area contributed by atoms with E-state index in [4.69, 9.17) is 4.74 Å². The quantitative estimate of drug-likeness (QED) is 0.921. The van der Waals surface area contributed by atoms with Crippen molar-refractivity contribution in [1.82, 2.24) is 14.8 Å². The summed E-state index contributed by atoms with van der Waals surface area (Å²) in [4.78, 5) is 4.59. The summed E-state index contributed by atoms with van der Waals surface area (Å²) in [6, 6.07) is 2.06. The molecule has 0 spiro atoms. The highest BCUT2D eigenvalue weighted by Gasteiger charge is 2.19. The first-order valence-electron chi connectivity index (χ1n) is 7.80. The van der Waals surface area contributed by atoms with Crippen molar-refractivity contribution in [1.29, 1.82) is 0 Å². The molecule has 1 N–H and O–H groups in total. The van der Waals surface area contributed by atoms with E-state index in [-0.39, 0.29) is 6.23 Å². The fourth-order valence-electron chi connectivity index (χ4n) is 3.20. The molecular formula is C16H20N4O. The molecule has 0 radical (unpaired) electrons. The Bertz CT molecular complexity index is 631. The van der Waals surface area contributed by atoms with Crippen LogP contribution in [-0.2, 0) is 11.2 Å². The van der Waals surface area contributed by atoms with Crippen molar-refractivity contribution in [3.05, 3.63) is 30.2 Å². The Morgan fingerprint density at radius 1 is 1.29 bits per heavy atom. The van der Waals surface area contributed by atoms with Crippen molar-refractivity contribution in [2.45, 2.75) is 38.3 Å². The van der Waals surface area contributed by atoms with Crippen LogP contribution in [0.15, 0.2) is 24.7 Å². The maximum Gasteiger partial charge on any atom is 0.150 e. The number of anilines is 1. The summed E-state index contributed by atoms with van der Waals surface area (Å²) in [5, 5.41) is 7.95. The number of ether oxygens (including phenoxy) is 1. The summed E-state index contributed by atoms with van der Waals surface area (Å²) in [6.45, 7) is 1.88. The third-order valence-electron chi connectivity index (χ3n) is 4.30. The molecule has 2 aliphatic heterocycles. The van der Waals surface area contributed by atoms with Crippen LogP contribution in [0.1, 0.15) is 37.5 Å². The summed E-state index contributed by atoms with van der Waals surface area (Å²) in [6.07, 6.45) is 11.6. The average molecular weight is 284 g/mol. The molecule has 1 fully saturated rings. The third-order valence-corrected chi connectivity index (χ3v) is 4.30. The zero-order valence-corrected chi connectivity index (χ0v) is 12.1. The van der Waals surface area contributed by atoms with Crippen LogP contribution in [0, 0.1) is 0 Å². The van der Waals surface area contributed by atoms with Gasteiger partial charge in [-0.1, -0.05) is 0 Å². The average Bonchev–Trinajstić information content (AvgIpc) is 3.05. The minimum Gasteiger partial charge on any atom is -0.385 e. The van der Waals surface area contributed by atoms with Crippen LogP contribution in [-0.4, -0.2) is 27.9 Å². The van der Waals surface area contributed by atoms with Gasteiger partial charge in [0.1, 0.15) is 6.23 Å². The lowest BCUT2D eigenvalue weighted by molar-refractivity contribution is -0.0394. The van der Waals surface area contributed by atoms with E-state index in [1.54, 1.807) is 0 Å². The number of fused-ring (bicyclic) bond motifs is 1. The first-order chi connectivity index (χ1) is 10.4. The van der Waals surface area contributed by atoms with E-state index in [2.05, 4.69) is 27.7 Å². The highest BCUT2D eigenvalue weighted by molar-refractivity contribution is 5.70. The van der Waals surface area contributed by atoms with E-state index in [0.29, 0.717) is 0 Å². The van der Waals surface area contributed by atoms with E-state index < -0.39 is 0 Å². The van der Waals surface area contributed by atoms with Crippen molar-refractivity contribution in [2.75, 3.05) is 18.5 Å². The molecule has 2 aromatic heterocycles. The lowest BCUT2D eigenvalue weighted by Crippen LogP contribution is -2.18. The van der Waals surface area contributed by atoms with Crippen molar-refractivity contribution in [2.24, 2.45) is 0 Å². The number of nitrogens with zero attached hydrogens (tertiary/aromatic N) is 3. The summed E-state index contributed by atoms with van der Waals surface area (Å²) >= 11 is 0. The van der Waals surface area contributed by atoms with Crippen LogP contribution in [0.5, 0.6) is 0 Å². The lowest BCUT2D eigenvalue weighted by atomic mass is 9.99. The number of hydrogen-bond acceptors (Lipinski definition) is 4. The molecule has 5 heteroatoms. The fraction of sp³-hybridized carbons (Fsp3) is 0.500. The Kier molecular flexibility index (Phi) is 3.35. The Hall–Kier alpha value is -1.88. The second-order valence-electron chi connectivity index (χ2n) is 5.75. The Balaban J connectivity index is 1.66. The predicted molar refractivity (Wildman–Crippen MR) is 81.1 cm³/mol. The van der Waals surface area contributed by atoms with Crippen LogP contribution in [0.2, 0.25) is 0 Å². The number of nitrogens with one attached hydrogen (secondary N) is 1. The zero-order valence-electron chi connectivity index (χ0n) is 12.1. The van der Waals surface area contributed by atoms with Crippen LogP contribution in [0.25, 0.3) is 11.3 Å².